The van der Waals surface area contributed by atoms with Crippen LogP contribution in [0.15, 0.2) is 24.3 Å². The number of hydrogen-bond acceptors (Lipinski definition) is 3. The lowest BCUT2D eigenvalue weighted by Gasteiger charge is -2.16. The number of benzene rings is 1. The molecule has 1 atom stereocenters. The zero-order valence-corrected chi connectivity index (χ0v) is 9.81. The van der Waals surface area contributed by atoms with Crippen molar-refractivity contribution >= 4 is 5.91 Å². The van der Waals surface area contributed by atoms with Gasteiger partial charge in [0.15, 0.2) is 0 Å². The van der Waals surface area contributed by atoms with Crippen LogP contribution < -0.4 is 5.32 Å². The SMILES string of the molecule is CNC1CCN(C(=O)c2cccc(C#N)c2)C1. The highest BCUT2D eigenvalue weighted by Gasteiger charge is 2.25. The molecular weight excluding hydrogens is 214 g/mol. The Labute approximate surface area is 101 Å². The summed E-state index contributed by atoms with van der Waals surface area (Å²) in [6, 6.07) is 9.30. The van der Waals surface area contributed by atoms with Crippen LogP contribution in [0.4, 0.5) is 0 Å². The Kier molecular flexibility index (Phi) is 3.40. The summed E-state index contributed by atoms with van der Waals surface area (Å²) in [5.41, 5.74) is 1.13. The molecular formula is C13H15N3O. The van der Waals surface area contributed by atoms with Gasteiger partial charge in [-0.25, -0.2) is 0 Å². The number of amides is 1. The molecule has 0 aromatic heterocycles. The van der Waals surface area contributed by atoms with Crippen LogP contribution in [0.1, 0.15) is 22.3 Å². The monoisotopic (exact) mass is 229 g/mol. The Hall–Kier alpha value is -1.86. The van der Waals surface area contributed by atoms with Crippen molar-refractivity contribution in [3.8, 4) is 6.07 Å². The van der Waals surface area contributed by atoms with Crippen molar-refractivity contribution in [2.45, 2.75) is 12.5 Å². The highest BCUT2D eigenvalue weighted by Crippen LogP contribution is 2.14. The second-order valence-electron chi connectivity index (χ2n) is 4.22. The average Bonchev–Trinajstić information content (AvgIpc) is 2.86. The first-order valence-electron chi connectivity index (χ1n) is 5.71. The molecule has 0 bridgehead atoms. The van der Waals surface area contributed by atoms with Crippen LogP contribution in [0.3, 0.4) is 0 Å². The summed E-state index contributed by atoms with van der Waals surface area (Å²) in [5, 5.41) is 12.0. The molecule has 4 nitrogen and oxygen atoms in total. The normalized spacial score (nSPS) is 19.1. The summed E-state index contributed by atoms with van der Waals surface area (Å²) in [6.07, 6.45) is 0.986. The maximum Gasteiger partial charge on any atom is 0.253 e. The lowest BCUT2D eigenvalue weighted by molar-refractivity contribution is 0.0789. The van der Waals surface area contributed by atoms with E-state index in [0.717, 1.165) is 19.5 Å². The number of likely N-dealkylation sites (N-methyl/N-ethyl adjacent to an activating group) is 1. The molecule has 1 fully saturated rings. The van der Waals surface area contributed by atoms with Crippen molar-refractivity contribution in [3.63, 3.8) is 0 Å². The van der Waals surface area contributed by atoms with Gasteiger partial charge in [-0.3, -0.25) is 4.79 Å². The first kappa shape index (κ1) is 11.6. The molecule has 1 heterocycles. The average molecular weight is 229 g/mol. The Balaban J connectivity index is 2.12. The van der Waals surface area contributed by atoms with Gasteiger partial charge in [-0.05, 0) is 31.7 Å². The van der Waals surface area contributed by atoms with Gasteiger partial charge in [0.1, 0.15) is 0 Å². The van der Waals surface area contributed by atoms with Gasteiger partial charge >= 0.3 is 0 Å². The summed E-state index contributed by atoms with van der Waals surface area (Å²) in [5.74, 6) is 0.0138. The van der Waals surface area contributed by atoms with E-state index in [1.54, 1.807) is 24.3 Å². The van der Waals surface area contributed by atoms with Gasteiger partial charge in [-0.2, -0.15) is 5.26 Å². The molecule has 1 amide bonds. The van der Waals surface area contributed by atoms with E-state index in [0.29, 0.717) is 17.2 Å². The largest absolute Gasteiger partial charge is 0.337 e. The second-order valence-corrected chi connectivity index (χ2v) is 4.22. The summed E-state index contributed by atoms with van der Waals surface area (Å²) in [7, 11) is 1.91. The van der Waals surface area contributed by atoms with Crippen molar-refractivity contribution in [2.75, 3.05) is 20.1 Å². The molecule has 2 rings (SSSR count). The van der Waals surface area contributed by atoms with E-state index in [2.05, 4.69) is 5.32 Å². The van der Waals surface area contributed by atoms with E-state index in [1.807, 2.05) is 18.0 Å². The zero-order chi connectivity index (χ0) is 12.3. The van der Waals surface area contributed by atoms with Crippen molar-refractivity contribution in [1.29, 1.82) is 5.26 Å². The maximum absolute atomic E-state index is 12.2. The maximum atomic E-state index is 12.2. The lowest BCUT2D eigenvalue weighted by atomic mass is 10.1. The minimum Gasteiger partial charge on any atom is -0.337 e. The van der Waals surface area contributed by atoms with E-state index in [9.17, 15) is 4.79 Å². The summed E-state index contributed by atoms with van der Waals surface area (Å²) < 4.78 is 0. The molecule has 1 N–H and O–H groups in total. The van der Waals surface area contributed by atoms with Crippen molar-refractivity contribution in [1.82, 2.24) is 10.2 Å². The van der Waals surface area contributed by atoms with Crippen LogP contribution in [-0.4, -0.2) is 37.0 Å². The summed E-state index contributed by atoms with van der Waals surface area (Å²) >= 11 is 0. The number of nitrogens with one attached hydrogen (secondary N) is 1. The standard InChI is InChI=1S/C13H15N3O/c1-15-12-5-6-16(9-12)13(17)11-4-2-3-10(7-11)8-14/h2-4,7,12,15H,5-6,9H2,1H3. The number of hydrogen-bond donors (Lipinski definition) is 1. The predicted octanol–water partition coefficient (Wildman–Crippen LogP) is 0.992. The highest BCUT2D eigenvalue weighted by atomic mass is 16.2. The van der Waals surface area contributed by atoms with Crippen LogP contribution >= 0.6 is 0 Å². The lowest BCUT2D eigenvalue weighted by Crippen LogP contribution is -2.33. The molecule has 4 heteroatoms. The van der Waals surface area contributed by atoms with Crippen LogP contribution in [0, 0.1) is 11.3 Å². The first-order valence-corrected chi connectivity index (χ1v) is 5.71. The third-order valence-electron chi connectivity index (χ3n) is 3.12. The zero-order valence-electron chi connectivity index (χ0n) is 9.81. The fourth-order valence-corrected chi connectivity index (χ4v) is 2.08. The molecule has 0 aliphatic carbocycles. The molecule has 0 saturated carbocycles. The molecule has 1 aromatic rings. The molecule has 88 valence electrons. The van der Waals surface area contributed by atoms with E-state index in [1.165, 1.54) is 0 Å². The van der Waals surface area contributed by atoms with Gasteiger partial charge in [0, 0.05) is 24.7 Å². The molecule has 1 saturated heterocycles. The number of carbonyl (C=O) groups excluding carboxylic acids is 1. The van der Waals surface area contributed by atoms with Gasteiger partial charge in [0.05, 0.1) is 11.6 Å². The highest BCUT2D eigenvalue weighted by molar-refractivity contribution is 5.94. The third-order valence-corrected chi connectivity index (χ3v) is 3.12. The van der Waals surface area contributed by atoms with E-state index in [-0.39, 0.29) is 5.91 Å². The number of likely N-dealkylation sites (tertiary alicyclic amines) is 1. The molecule has 17 heavy (non-hydrogen) atoms. The van der Waals surface area contributed by atoms with Crippen LogP contribution in [0.25, 0.3) is 0 Å². The van der Waals surface area contributed by atoms with Crippen LogP contribution in [0.5, 0.6) is 0 Å². The first-order chi connectivity index (χ1) is 8.24. The fraction of sp³-hybridized carbons (Fsp3) is 0.385. The fourth-order valence-electron chi connectivity index (χ4n) is 2.08. The number of rotatable bonds is 2. The van der Waals surface area contributed by atoms with Crippen LogP contribution in [0.2, 0.25) is 0 Å². The van der Waals surface area contributed by atoms with Gasteiger partial charge < -0.3 is 10.2 Å². The summed E-state index contributed by atoms with van der Waals surface area (Å²) in [6.45, 7) is 1.52. The molecule has 0 spiro atoms. The Bertz CT molecular complexity index is 464. The topological polar surface area (TPSA) is 56.1 Å². The molecule has 1 aromatic carbocycles. The van der Waals surface area contributed by atoms with E-state index >= 15 is 0 Å². The molecule has 0 radical (unpaired) electrons. The van der Waals surface area contributed by atoms with Crippen molar-refractivity contribution < 1.29 is 4.79 Å². The van der Waals surface area contributed by atoms with Crippen LogP contribution in [-0.2, 0) is 0 Å². The molecule has 1 aliphatic rings. The minimum absolute atomic E-state index is 0.0138. The predicted molar refractivity (Wildman–Crippen MR) is 64.5 cm³/mol. The molecule has 1 unspecified atom stereocenters. The van der Waals surface area contributed by atoms with Gasteiger partial charge in [0.2, 0.25) is 0 Å². The molecule has 1 aliphatic heterocycles. The second kappa shape index (κ2) is 4.98. The smallest absolute Gasteiger partial charge is 0.253 e. The third kappa shape index (κ3) is 2.45. The van der Waals surface area contributed by atoms with Gasteiger partial charge in [-0.15, -0.1) is 0 Å². The number of nitriles is 1. The quantitative estimate of drug-likeness (QED) is 0.823. The van der Waals surface area contributed by atoms with Crippen molar-refractivity contribution in [2.24, 2.45) is 0 Å². The van der Waals surface area contributed by atoms with E-state index < -0.39 is 0 Å². The Morgan fingerprint density at radius 2 is 2.41 bits per heavy atom. The van der Waals surface area contributed by atoms with Crippen molar-refractivity contribution in [3.05, 3.63) is 35.4 Å². The van der Waals surface area contributed by atoms with Gasteiger partial charge in [-0.1, -0.05) is 6.07 Å². The Morgan fingerprint density at radius 3 is 3.06 bits per heavy atom. The Morgan fingerprint density at radius 1 is 1.59 bits per heavy atom. The van der Waals surface area contributed by atoms with Gasteiger partial charge in [0.25, 0.3) is 5.91 Å². The van der Waals surface area contributed by atoms with E-state index in [4.69, 9.17) is 5.26 Å². The minimum atomic E-state index is 0.0138. The number of nitrogens with zero attached hydrogens (tertiary/aromatic N) is 2. The summed E-state index contributed by atoms with van der Waals surface area (Å²) in [4.78, 5) is 14.0. The number of carbonyl (C=O) groups is 1.